The van der Waals surface area contributed by atoms with Crippen molar-refractivity contribution in [2.45, 2.75) is 66.3 Å². The number of rotatable bonds is 9. The number of carbonyl (C=O) groups excluding carboxylic acids is 1. The van der Waals surface area contributed by atoms with Gasteiger partial charge < -0.3 is 10.6 Å². The summed E-state index contributed by atoms with van der Waals surface area (Å²) in [7, 11) is 0. The summed E-state index contributed by atoms with van der Waals surface area (Å²) < 4.78 is 1.30. The van der Waals surface area contributed by atoms with Gasteiger partial charge in [0.1, 0.15) is 11.7 Å². The number of H-pyrrole nitrogens is 1. The van der Waals surface area contributed by atoms with Gasteiger partial charge in [0.2, 0.25) is 5.91 Å². The predicted octanol–water partition coefficient (Wildman–Crippen LogP) is 2.71. The van der Waals surface area contributed by atoms with Crippen LogP contribution in [0.1, 0.15) is 59.8 Å². The van der Waals surface area contributed by atoms with E-state index in [1.165, 1.54) is 9.47 Å². The number of nitrogens with one attached hydrogen (secondary N) is 1. The zero-order valence-corrected chi connectivity index (χ0v) is 16.5. The van der Waals surface area contributed by atoms with Gasteiger partial charge in [0.15, 0.2) is 5.69 Å². The zero-order chi connectivity index (χ0) is 19.4. The molecule has 1 aromatic heterocycles. The zero-order valence-electron chi connectivity index (χ0n) is 15.7. The maximum absolute atomic E-state index is 12.2. The molecule has 0 unspecified atom stereocenters. The van der Waals surface area contributed by atoms with Crippen LogP contribution in [0.15, 0.2) is 9.59 Å². The summed E-state index contributed by atoms with van der Waals surface area (Å²) in [5.41, 5.74) is 4.83. The van der Waals surface area contributed by atoms with E-state index in [1.807, 2.05) is 27.7 Å². The van der Waals surface area contributed by atoms with Crippen molar-refractivity contribution in [3.8, 4) is 0 Å². The second kappa shape index (κ2) is 12.6. The van der Waals surface area contributed by atoms with E-state index in [1.54, 1.807) is 0 Å². The third-order valence-electron chi connectivity index (χ3n) is 3.62. The number of alkyl halides is 1. The second-order valence-electron chi connectivity index (χ2n) is 5.38. The van der Waals surface area contributed by atoms with E-state index in [0.29, 0.717) is 13.1 Å². The normalized spacial score (nSPS) is 10.1. The van der Waals surface area contributed by atoms with E-state index in [0.717, 1.165) is 32.1 Å². The van der Waals surface area contributed by atoms with Crippen molar-refractivity contribution in [2.75, 3.05) is 23.1 Å². The highest BCUT2D eigenvalue weighted by Crippen LogP contribution is 2.18. The van der Waals surface area contributed by atoms with E-state index >= 15 is 0 Å². The van der Waals surface area contributed by atoms with Gasteiger partial charge in [-0.3, -0.25) is 19.1 Å². The van der Waals surface area contributed by atoms with Crippen LogP contribution in [0.2, 0.25) is 0 Å². The molecule has 0 radical (unpaired) electrons. The molecular formula is C17H31ClN4O3. The Morgan fingerprint density at radius 2 is 1.76 bits per heavy atom. The van der Waals surface area contributed by atoms with Crippen LogP contribution < -0.4 is 21.9 Å². The van der Waals surface area contributed by atoms with Gasteiger partial charge in [-0.05, 0) is 12.8 Å². The Bertz CT molecular complexity index is 640. The molecule has 0 aliphatic rings. The number of unbranched alkanes of at least 4 members (excludes halogenated alkanes) is 3. The topological polar surface area (TPSA) is 101 Å². The number of carbonyl (C=O) groups is 1. The highest BCUT2D eigenvalue weighted by atomic mass is 35.5. The number of nitrogens with two attached hydrogens (primary N) is 1. The first-order chi connectivity index (χ1) is 12.0. The lowest BCUT2D eigenvalue weighted by molar-refractivity contribution is -0.116. The summed E-state index contributed by atoms with van der Waals surface area (Å²) in [6, 6.07) is 0. The molecule has 1 heterocycles. The summed E-state index contributed by atoms with van der Waals surface area (Å²) in [5.74, 6) is -0.637. The quantitative estimate of drug-likeness (QED) is 0.512. The largest absolute Gasteiger partial charge is 0.383 e. The molecule has 8 heteroatoms. The number of halogens is 1. The number of aromatic amines is 1. The van der Waals surface area contributed by atoms with Crippen LogP contribution in [0.3, 0.4) is 0 Å². The molecule has 0 saturated heterocycles. The molecule has 1 aromatic rings. The lowest BCUT2D eigenvalue weighted by atomic mass is 10.2. The summed E-state index contributed by atoms with van der Waals surface area (Å²) in [5, 5.41) is 0. The van der Waals surface area contributed by atoms with E-state index in [9.17, 15) is 14.4 Å². The summed E-state index contributed by atoms with van der Waals surface area (Å²) >= 11 is 5.66. The number of hydrogen-bond acceptors (Lipinski definition) is 4. The van der Waals surface area contributed by atoms with Crippen molar-refractivity contribution < 1.29 is 4.79 Å². The number of nitrogen functional groups attached to an aromatic ring is 1. The first-order valence-electron chi connectivity index (χ1n) is 8.96. The first kappa shape index (κ1) is 23.2. The van der Waals surface area contributed by atoms with Gasteiger partial charge in [0.25, 0.3) is 5.56 Å². The summed E-state index contributed by atoms with van der Waals surface area (Å²) in [6.45, 7) is 8.77. The van der Waals surface area contributed by atoms with E-state index in [-0.39, 0.29) is 17.4 Å². The van der Waals surface area contributed by atoms with Gasteiger partial charge in [0, 0.05) is 13.1 Å². The highest BCUT2D eigenvalue weighted by Gasteiger charge is 2.23. The molecule has 0 saturated carbocycles. The van der Waals surface area contributed by atoms with Crippen LogP contribution in [0.5, 0.6) is 0 Å². The molecule has 1 rings (SSSR count). The molecular weight excluding hydrogens is 344 g/mol. The molecule has 25 heavy (non-hydrogen) atoms. The molecule has 0 aromatic carbocycles. The number of aromatic nitrogens is 2. The highest BCUT2D eigenvalue weighted by molar-refractivity contribution is 6.29. The molecule has 0 aliphatic heterocycles. The predicted molar refractivity (Wildman–Crippen MR) is 105 cm³/mol. The lowest BCUT2D eigenvalue weighted by Crippen LogP contribution is -2.42. The molecule has 0 atom stereocenters. The van der Waals surface area contributed by atoms with Crippen molar-refractivity contribution in [3.05, 3.63) is 20.8 Å². The fourth-order valence-electron chi connectivity index (χ4n) is 2.33. The molecule has 0 fully saturated rings. The van der Waals surface area contributed by atoms with Crippen molar-refractivity contribution in [1.29, 1.82) is 0 Å². The maximum Gasteiger partial charge on any atom is 0.330 e. The van der Waals surface area contributed by atoms with Gasteiger partial charge in [-0.1, -0.05) is 47.0 Å². The SMILES string of the molecule is CC.CCCCCN(C(=O)CCl)c1c(N)n(CCCC)c(=O)[nH]c1=O. The Morgan fingerprint density at radius 3 is 2.28 bits per heavy atom. The number of nitrogens with zero attached hydrogens (tertiary/aromatic N) is 2. The van der Waals surface area contributed by atoms with E-state index in [2.05, 4.69) is 4.98 Å². The van der Waals surface area contributed by atoms with Crippen LogP contribution in [0.25, 0.3) is 0 Å². The third kappa shape index (κ3) is 6.57. The second-order valence-corrected chi connectivity index (χ2v) is 5.65. The molecule has 1 amide bonds. The Hall–Kier alpha value is -1.76. The number of anilines is 2. The Labute approximate surface area is 154 Å². The standard InChI is InChI=1S/C15H25ClN4O3.C2H6/c1-3-5-7-9-19(11(21)10-16)12-13(17)20(8-6-4-2)15(23)18-14(12)22;1-2/h3-10,17H2,1-2H3,(H,18,22,23);1-2H3. The van der Waals surface area contributed by atoms with Gasteiger partial charge in [0.05, 0.1) is 0 Å². The van der Waals surface area contributed by atoms with Crippen LogP contribution in [0.4, 0.5) is 11.5 Å². The van der Waals surface area contributed by atoms with Crippen LogP contribution in [0, 0.1) is 0 Å². The molecule has 0 bridgehead atoms. The van der Waals surface area contributed by atoms with Crippen LogP contribution in [-0.2, 0) is 11.3 Å². The van der Waals surface area contributed by atoms with Crippen LogP contribution >= 0.6 is 11.6 Å². The minimum absolute atomic E-state index is 0.0159. The molecule has 0 aliphatic carbocycles. The molecule has 3 N–H and O–H groups in total. The van der Waals surface area contributed by atoms with Crippen molar-refractivity contribution in [3.63, 3.8) is 0 Å². The lowest BCUT2D eigenvalue weighted by Gasteiger charge is -2.23. The number of hydrogen-bond donors (Lipinski definition) is 2. The molecule has 144 valence electrons. The van der Waals surface area contributed by atoms with Gasteiger partial charge in [-0.25, -0.2) is 4.79 Å². The average Bonchev–Trinajstić information content (AvgIpc) is 2.61. The van der Waals surface area contributed by atoms with E-state index in [4.69, 9.17) is 17.3 Å². The summed E-state index contributed by atoms with van der Waals surface area (Å²) in [4.78, 5) is 39.8. The van der Waals surface area contributed by atoms with Crippen molar-refractivity contribution in [1.82, 2.24) is 9.55 Å². The smallest absolute Gasteiger partial charge is 0.330 e. The molecule has 0 spiro atoms. The fraction of sp³-hybridized carbons (Fsp3) is 0.706. The van der Waals surface area contributed by atoms with Gasteiger partial charge >= 0.3 is 5.69 Å². The average molecular weight is 375 g/mol. The van der Waals surface area contributed by atoms with Crippen molar-refractivity contribution in [2.24, 2.45) is 0 Å². The Morgan fingerprint density at radius 1 is 1.16 bits per heavy atom. The van der Waals surface area contributed by atoms with Gasteiger partial charge in [-0.2, -0.15) is 0 Å². The Balaban J connectivity index is 0.00000277. The summed E-state index contributed by atoms with van der Waals surface area (Å²) in [6.07, 6.45) is 4.24. The number of amides is 1. The minimum Gasteiger partial charge on any atom is -0.383 e. The maximum atomic E-state index is 12.2. The van der Waals surface area contributed by atoms with Gasteiger partial charge in [-0.15, -0.1) is 11.6 Å². The minimum atomic E-state index is -0.657. The monoisotopic (exact) mass is 374 g/mol. The fourth-order valence-corrected chi connectivity index (χ4v) is 2.47. The molecule has 7 nitrogen and oxygen atoms in total. The van der Waals surface area contributed by atoms with Crippen molar-refractivity contribution >= 4 is 29.0 Å². The van der Waals surface area contributed by atoms with E-state index < -0.39 is 17.2 Å². The Kier molecular flexibility index (Phi) is 11.7. The van der Waals surface area contributed by atoms with Crippen LogP contribution in [-0.4, -0.2) is 27.9 Å². The third-order valence-corrected chi connectivity index (χ3v) is 3.85. The first-order valence-corrected chi connectivity index (χ1v) is 9.50.